The second kappa shape index (κ2) is 9.64. The Morgan fingerprint density at radius 2 is 1.97 bits per heavy atom. The number of nitrogens with zero attached hydrogens (tertiary/aromatic N) is 3. The van der Waals surface area contributed by atoms with Gasteiger partial charge in [-0.3, -0.25) is 4.79 Å². The Bertz CT molecular complexity index is 1140. The summed E-state index contributed by atoms with van der Waals surface area (Å²) in [5.41, 5.74) is 1.05. The van der Waals surface area contributed by atoms with E-state index in [1.807, 2.05) is 37.3 Å². The molecule has 1 saturated carbocycles. The van der Waals surface area contributed by atoms with Crippen LogP contribution in [-0.2, 0) is 0 Å². The minimum atomic E-state index is -2.58. The number of hydrogen-bond acceptors (Lipinski definition) is 7. The first-order valence-electron chi connectivity index (χ1n) is 11.8. The number of halogens is 2. The van der Waals surface area contributed by atoms with Gasteiger partial charge >= 0.3 is 0 Å². The number of carbonyl (C=O) groups excluding carboxylic acids is 1. The van der Waals surface area contributed by atoms with Gasteiger partial charge in [0.2, 0.25) is 0 Å². The summed E-state index contributed by atoms with van der Waals surface area (Å²) in [7, 11) is 0. The van der Waals surface area contributed by atoms with Crippen LogP contribution >= 0.6 is 0 Å². The van der Waals surface area contributed by atoms with Crippen molar-refractivity contribution >= 4 is 11.6 Å². The molecule has 1 aliphatic heterocycles. The quantitative estimate of drug-likeness (QED) is 0.370. The maximum Gasteiger partial charge on any atom is 0.255 e. The average molecular weight is 484 g/mol. The van der Waals surface area contributed by atoms with Gasteiger partial charge in [0, 0.05) is 25.8 Å². The molecule has 0 spiro atoms. The lowest BCUT2D eigenvalue weighted by molar-refractivity contribution is 0.0855. The van der Waals surface area contributed by atoms with Crippen LogP contribution in [0, 0.1) is 5.92 Å². The number of ether oxygens (including phenoxy) is 2. The number of alkyl halides is 2. The van der Waals surface area contributed by atoms with E-state index in [1.54, 1.807) is 12.3 Å². The predicted octanol–water partition coefficient (Wildman–Crippen LogP) is 5.14. The second-order valence-corrected chi connectivity index (χ2v) is 9.26. The lowest BCUT2D eigenvalue weighted by Gasteiger charge is -2.19. The molecule has 2 aliphatic rings. The maximum atomic E-state index is 13.0. The van der Waals surface area contributed by atoms with Crippen LogP contribution < -0.4 is 14.4 Å². The summed E-state index contributed by atoms with van der Waals surface area (Å²) < 4.78 is 42.6. The molecule has 1 aliphatic carbocycles. The molecule has 0 radical (unpaired) electrons. The Hall–Kier alpha value is -3.49. The van der Waals surface area contributed by atoms with Crippen molar-refractivity contribution in [3.8, 4) is 11.5 Å². The standard InChI is InChI=1S/C26H27F2N3O4/c1-17(10-23(32)24-13-29-16-34-24)18-2-4-20(5-3-18)35-22-8-9-31(14-22)25-7-6-21(12-30-25)33-15-19-11-26(19,27)28/h2-7,12-13,16-17,19,22H,8-11,14-15H2,1H3/t17-,19?,22?/m1/s1. The number of benzene rings is 1. The first-order chi connectivity index (χ1) is 16.9. The second-order valence-electron chi connectivity index (χ2n) is 9.26. The fourth-order valence-corrected chi connectivity index (χ4v) is 4.24. The molecule has 9 heteroatoms. The Balaban J connectivity index is 1.09. The molecule has 184 valence electrons. The zero-order chi connectivity index (χ0) is 24.4. The van der Waals surface area contributed by atoms with E-state index in [0.717, 1.165) is 30.1 Å². The van der Waals surface area contributed by atoms with E-state index in [4.69, 9.17) is 13.9 Å². The Labute approximate surface area is 202 Å². The van der Waals surface area contributed by atoms with E-state index in [9.17, 15) is 13.6 Å². The highest BCUT2D eigenvalue weighted by atomic mass is 19.3. The van der Waals surface area contributed by atoms with Crippen LogP contribution in [0.2, 0.25) is 0 Å². The monoisotopic (exact) mass is 483 g/mol. The first kappa shape index (κ1) is 23.3. The summed E-state index contributed by atoms with van der Waals surface area (Å²) in [4.78, 5) is 22.6. The summed E-state index contributed by atoms with van der Waals surface area (Å²) in [5.74, 6) is -0.918. The summed E-state index contributed by atoms with van der Waals surface area (Å²) in [5, 5.41) is 0. The van der Waals surface area contributed by atoms with Gasteiger partial charge in [-0.25, -0.2) is 18.7 Å². The third kappa shape index (κ3) is 5.61. The van der Waals surface area contributed by atoms with Gasteiger partial charge in [-0.05, 0) is 35.7 Å². The normalized spacial score (nSPS) is 21.5. The van der Waals surface area contributed by atoms with Crippen molar-refractivity contribution in [2.24, 2.45) is 5.92 Å². The smallest absolute Gasteiger partial charge is 0.255 e. The first-order valence-corrected chi connectivity index (χ1v) is 11.8. The average Bonchev–Trinajstić information content (AvgIpc) is 3.29. The van der Waals surface area contributed by atoms with Crippen LogP contribution in [-0.4, -0.2) is 47.5 Å². The van der Waals surface area contributed by atoms with Gasteiger partial charge in [-0.15, -0.1) is 0 Å². The van der Waals surface area contributed by atoms with Crippen LogP contribution in [0.1, 0.15) is 48.2 Å². The molecule has 35 heavy (non-hydrogen) atoms. The minimum Gasteiger partial charge on any atom is -0.491 e. The molecule has 2 unspecified atom stereocenters. The molecule has 1 saturated heterocycles. The molecular formula is C26H27F2N3O4. The van der Waals surface area contributed by atoms with E-state index in [-0.39, 0.29) is 36.6 Å². The van der Waals surface area contributed by atoms with Crippen LogP contribution in [0.25, 0.3) is 0 Å². The van der Waals surface area contributed by atoms with Crippen molar-refractivity contribution in [2.45, 2.75) is 44.1 Å². The van der Waals surface area contributed by atoms with Crippen molar-refractivity contribution in [1.29, 1.82) is 0 Å². The van der Waals surface area contributed by atoms with Gasteiger partial charge in [-0.2, -0.15) is 0 Å². The molecule has 0 N–H and O–H groups in total. The molecule has 5 rings (SSSR count). The number of oxazole rings is 1. The molecule has 7 nitrogen and oxygen atoms in total. The van der Waals surface area contributed by atoms with Gasteiger partial charge in [0.15, 0.2) is 17.9 Å². The Morgan fingerprint density at radius 1 is 1.20 bits per heavy atom. The zero-order valence-electron chi connectivity index (χ0n) is 19.4. The highest BCUT2D eigenvalue weighted by Crippen LogP contribution is 2.48. The largest absolute Gasteiger partial charge is 0.491 e. The molecule has 2 aromatic heterocycles. The number of rotatable bonds is 10. The number of hydrogen-bond donors (Lipinski definition) is 0. The molecule has 3 heterocycles. The van der Waals surface area contributed by atoms with E-state index < -0.39 is 11.8 Å². The van der Waals surface area contributed by atoms with E-state index >= 15 is 0 Å². The van der Waals surface area contributed by atoms with Gasteiger partial charge in [0.1, 0.15) is 23.4 Å². The number of Topliss-reactive ketones (excluding diaryl/α,β-unsaturated/α-hetero) is 1. The van der Waals surface area contributed by atoms with Gasteiger partial charge in [0.05, 0.1) is 31.5 Å². The van der Waals surface area contributed by atoms with Crippen molar-refractivity contribution in [3.05, 3.63) is 66.5 Å². The van der Waals surface area contributed by atoms with Crippen molar-refractivity contribution < 1.29 is 27.5 Å². The van der Waals surface area contributed by atoms with E-state index in [0.29, 0.717) is 18.7 Å². The molecule has 0 amide bonds. The molecule has 1 aromatic carbocycles. The van der Waals surface area contributed by atoms with E-state index in [2.05, 4.69) is 14.9 Å². The number of anilines is 1. The fourth-order valence-electron chi connectivity index (χ4n) is 4.24. The Morgan fingerprint density at radius 3 is 2.63 bits per heavy atom. The van der Waals surface area contributed by atoms with Crippen LogP contribution in [0.3, 0.4) is 0 Å². The van der Waals surface area contributed by atoms with Crippen molar-refractivity contribution in [2.75, 3.05) is 24.6 Å². The minimum absolute atomic E-state index is 0.0169. The van der Waals surface area contributed by atoms with Crippen LogP contribution in [0.5, 0.6) is 11.5 Å². The Kier molecular flexibility index (Phi) is 6.40. The highest BCUT2D eigenvalue weighted by molar-refractivity contribution is 5.93. The summed E-state index contributed by atoms with van der Waals surface area (Å²) >= 11 is 0. The van der Waals surface area contributed by atoms with Crippen LogP contribution in [0.4, 0.5) is 14.6 Å². The third-order valence-electron chi connectivity index (χ3n) is 6.55. The molecule has 0 bridgehead atoms. The van der Waals surface area contributed by atoms with Crippen molar-refractivity contribution in [1.82, 2.24) is 9.97 Å². The molecule has 2 fully saturated rings. The fraction of sp³-hybridized carbons (Fsp3) is 0.423. The summed E-state index contributed by atoms with van der Waals surface area (Å²) in [6.45, 7) is 3.53. The maximum absolute atomic E-state index is 13.0. The highest BCUT2D eigenvalue weighted by Gasteiger charge is 2.57. The van der Waals surface area contributed by atoms with E-state index in [1.165, 1.54) is 12.6 Å². The van der Waals surface area contributed by atoms with Crippen molar-refractivity contribution in [3.63, 3.8) is 0 Å². The summed E-state index contributed by atoms with van der Waals surface area (Å²) in [6.07, 6.45) is 5.41. The molecule has 3 atom stereocenters. The number of aromatic nitrogens is 2. The third-order valence-corrected chi connectivity index (χ3v) is 6.55. The predicted molar refractivity (Wildman–Crippen MR) is 124 cm³/mol. The SMILES string of the molecule is C[C@H](CC(=O)c1cnco1)c1ccc(OC2CCN(c3ccc(OCC4CC4(F)F)cn3)C2)cc1. The van der Waals surface area contributed by atoms with Gasteiger partial charge < -0.3 is 18.8 Å². The number of carbonyl (C=O) groups is 1. The van der Waals surface area contributed by atoms with Gasteiger partial charge in [0.25, 0.3) is 5.92 Å². The topological polar surface area (TPSA) is 77.7 Å². The number of pyridine rings is 1. The molecular weight excluding hydrogens is 456 g/mol. The van der Waals surface area contributed by atoms with Gasteiger partial charge in [-0.1, -0.05) is 19.1 Å². The molecule has 3 aromatic rings. The lowest BCUT2D eigenvalue weighted by Crippen LogP contribution is -2.25. The number of ketones is 1. The van der Waals surface area contributed by atoms with Crippen LogP contribution in [0.15, 0.2) is 59.6 Å². The summed E-state index contributed by atoms with van der Waals surface area (Å²) in [6, 6.07) is 11.4. The lowest BCUT2D eigenvalue weighted by atomic mass is 9.95. The zero-order valence-corrected chi connectivity index (χ0v) is 19.4.